The van der Waals surface area contributed by atoms with E-state index in [0.717, 1.165) is 38.7 Å². The van der Waals surface area contributed by atoms with Crippen molar-refractivity contribution in [1.29, 1.82) is 0 Å². The number of carbonyl (C=O) groups is 2. The fourth-order valence-corrected chi connectivity index (χ4v) is 4.10. The molecule has 0 spiro atoms. The van der Waals surface area contributed by atoms with E-state index in [9.17, 15) is 9.59 Å². The van der Waals surface area contributed by atoms with Crippen LogP contribution < -0.4 is 4.74 Å². The summed E-state index contributed by atoms with van der Waals surface area (Å²) in [5, 5.41) is -0.264. The molecule has 1 saturated heterocycles. The molecule has 0 bridgehead atoms. The smallest absolute Gasteiger partial charge is 0.293 e. The first-order valence-electron chi connectivity index (χ1n) is 9.76. The molecule has 0 N–H and O–H groups in total. The molecule has 0 saturated carbocycles. The lowest BCUT2D eigenvalue weighted by Gasteiger charge is -2.17. The fourth-order valence-electron chi connectivity index (χ4n) is 3.02. The van der Waals surface area contributed by atoms with Crippen molar-refractivity contribution in [1.82, 2.24) is 4.90 Å². The van der Waals surface area contributed by atoms with Crippen LogP contribution in [0.3, 0.4) is 0 Å². The molecule has 156 valence electrons. The molecule has 2 aromatic rings. The van der Waals surface area contributed by atoms with Crippen molar-refractivity contribution >= 4 is 44.9 Å². The van der Waals surface area contributed by atoms with E-state index >= 15 is 0 Å². The van der Waals surface area contributed by atoms with Crippen molar-refractivity contribution in [2.24, 2.45) is 0 Å². The number of hydrogen-bond acceptors (Lipinski definition) is 4. The third kappa shape index (κ3) is 5.64. The van der Waals surface area contributed by atoms with E-state index in [1.54, 1.807) is 12.2 Å². The van der Waals surface area contributed by atoms with Gasteiger partial charge < -0.3 is 4.74 Å². The highest BCUT2D eigenvalue weighted by atomic mass is 79.9. The standard InChI is InChI=1S/C24H24BrNO3S/c1-16(2)20-12-7-17(3)15-21(20)29-14-13-26-23(27)22(30-24(26)28)6-4-5-18-8-10-19(25)11-9-18/h4-12,15-16H,13-14H2,1-3H3/b5-4+,22-6-. The summed E-state index contributed by atoms with van der Waals surface area (Å²) in [5.41, 5.74) is 3.25. The molecule has 1 fully saturated rings. The van der Waals surface area contributed by atoms with Gasteiger partial charge in [-0.1, -0.05) is 66.2 Å². The van der Waals surface area contributed by atoms with E-state index in [-0.39, 0.29) is 24.3 Å². The maximum atomic E-state index is 12.6. The van der Waals surface area contributed by atoms with E-state index in [4.69, 9.17) is 4.74 Å². The molecule has 2 aromatic carbocycles. The average molecular weight is 486 g/mol. The number of carbonyl (C=O) groups excluding carboxylic acids is 2. The lowest BCUT2D eigenvalue weighted by molar-refractivity contribution is -0.123. The van der Waals surface area contributed by atoms with Gasteiger partial charge in [0.25, 0.3) is 11.1 Å². The number of allylic oxidation sites excluding steroid dienone is 2. The fraction of sp³-hybridized carbons (Fsp3) is 0.250. The van der Waals surface area contributed by atoms with Crippen LogP contribution in [-0.4, -0.2) is 29.2 Å². The summed E-state index contributed by atoms with van der Waals surface area (Å²) in [6, 6.07) is 14.0. The van der Waals surface area contributed by atoms with Gasteiger partial charge in [0.1, 0.15) is 12.4 Å². The van der Waals surface area contributed by atoms with E-state index in [2.05, 4.69) is 41.9 Å². The largest absolute Gasteiger partial charge is 0.491 e. The van der Waals surface area contributed by atoms with Gasteiger partial charge in [-0.3, -0.25) is 14.5 Å². The van der Waals surface area contributed by atoms with Crippen LogP contribution in [0.5, 0.6) is 5.75 Å². The number of halogens is 1. The Morgan fingerprint density at radius 3 is 2.57 bits per heavy atom. The molecule has 1 aliphatic heterocycles. The lowest BCUT2D eigenvalue weighted by atomic mass is 10.0. The molecule has 0 unspecified atom stereocenters. The molecule has 2 amide bonds. The maximum Gasteiger partial charge on any atom is 0.293 e. The van der Waals surface area contributed by atoms with Crippen LogP contribution in [0.15, 0.2) is 64.0 Å². The number of nitrogens with zero attached hydrogens (tertiary/aromatic N) is 1. The van der Waals surface area contributed by atoms with Gasteiger partial charge in [-0.2, -0.15) is 0 Å². The highest BCUT2D eigenvalue weighted by Gasteiger charge is 2.34. The van der Waals surface area contributed by atoms with Gasteiger partial charge >= 0.3 is 0 Å². The Morgan fingerprint density at radius 1 is 1.13 bits per heavy atom. The van der Waals surface area contributed by atoms with Crippen molar-refractivity contribution < 1.29 is 14.3 Å². The number of imide groups is 1. The molecule has 0 radical (unpaired) electrons. The summed E-state index contributed by atoms with van der Waals surface area (Å²) in [6.07, 6.45) is 5.37. The molecular weight excluding hydrogens is 462 g/mol. The number of amides is 2. The molecule has 0 aliphatic carbocycles. The van der Waals surface area contributed by atoms with Crippen LogP contribution in [0, 0.1) is 6.92 Å². The monoisotopic (exact) mass is 485 g/mol. The second kappa shape index (κ2) is 10.1. The zero-order chi connectivity index (χ0) is 21.7. The zero-order valence-electron chi connectivity index (χ0n) is 17.2. The summed E-state index contributed by atoms with van der Waals surface area (Å²) in [4.78, 5) is 26.5. The minimum absolute atomic E-state index is 0.226. The minimum atomic E-state index is -0.276. The Morgan fingerprint density at radius 2 is 1.87 bits per heavy atom. The summed E-state index contributed by atoms with van der Waals surface area (Å²) >= 11 is 4.36. The van der Waals surface area contributed by atoms with E-state index in [1.165, 1.54) is 4.90 Å². The third-order valence-electron chi connectivity index (χ3n) is 4.64. The van der Waals surface area contributed by atoms with Crippen molar-refractivity contribution in [3.63, 3.8) is 0 Å². The first-order valence-corrected chi connectivity index (χ1v) is 11.4. The average Bonchev–Trinajstić information content (AvgIpc) is 2.97. The topological polar surface area (TPSA) is 46.6 Å². The van der Waals surface area contributed by atoms with Gasteiger partial charge in [0.2, 0.25) is 0 Å². The number of benzene rings is 2. The predicted octanol–water partition coefficient (Wildman–Crippen LogP) is 6.55. The maximum absolute atomic E-state index is 12.6. The lowest BCUT2D eigenvalue weighted by Crippen LogP contribution is -2.32. The SMILES string of the molecule is Cc1ccc(C(C)C)c(OCCN2C(=O)S/C(=C\C=C\c3ccc(Br)cc3)C2=O)c1. The van der Waals surface area contributed by atoms with Crippen molar-refractivity contribution in [3.05, 3.63) is 80.7 Å². The van der Waals surface area contributed by atoms with Crippen LogP contribution in [0.2, 0.25) is 0 Å². The van der Waals surface area contributed by atoms with Crippen LogP contribution >= 0.6 is 27.7 Å². The van der Waals surface area contributed by atoms with Crippen LogP contribution in [0.1, 0.15) is 36.5 Å². The van der Waals surface area contributed by atoms with Crippen molar-refractivity contribution in [2.75, 3.05) is 13.2 Å². The highest BCUT2D eigenvalue weighted by molar-refractivity contribution is 9.10. The molecular formula is C24H24BrNO3S. The number of rotatable bonds is 7. The van der Waals surface area contributed by atoms with Gasteiger partial charge in [0, 0.05) is 4.47 Å². The molecule has 3 rings (SSSR count). The van der Waals surface area contributed by atoms with Crippen LogP contribution in [0.25, 0.3) is 6.08 Å². The highest BCUT2D eigenvalue weighted by Crippen LogP contribution is 2.31. The Labute approximate surface area is 190 Å². The summed E-state index contributed by atoms with van der Waals surface area (Å²) in [5.74, 6) is 0.866. The Balaban J connectivity index is 1.60. The third-order valence-corrected chi connectivity index (χ3v) is 6.10. The molecule has 1 aliphatic rings. The van der Waals surface area contributed by atoms with E-state index in [1.807, 2.05) is 43.3 Å². The first kappa shape index (κ1) is 22.4. The Kier molecular flexibility index (Phi) is 7.56. The van der Waals surface area contributed by atoms with Gasteiger partial charge in [0.05, 0.1) is 11.4 Å². The van der Waals surface area contributed by atoms with Crippen LogP contribution in [0.4, 0.5) is 4.79 Å². The summed E-state index contributed by atoms with van der Waals surface area (Å²) in [7, 11) is 0. The number of hydrogen-bond donors (Lipinski definition) is 0. The normalized spacial score (nSPS) is 15.8. The summed E-state index contributed by atoms with van der Waals surface area (Å²) < 4.78 is 6.94. The first-order chi connectivity index (χ1) is 14.3. The van der Waals surface area contributed by atoms with Gasteiger partial charge in [-0.25, -0.2) is 0 Å². The number of aryl methyl sites for hydroxylation is 1. The molecule has 4 nitrogen and oxygen atoms in total. The number of ether oxygens (including phenoxy) is 1. The summed E-state index contributed by atoms with van der Waals surface area (Å²) in [6.45, 7) is 6.73. The Hall–Kier alpha value is -2.31. The van der Waals surface area contributed by atoms with Crippen molar-refractivity contribution in [2.45, 2.75) is 26.7 Å². The molecule has 1 heterocycles. The molecule has 6 heteroatoms. The number of thioether (sulfide) groups is 1. The van der Waals surface area contributed by atoms with Gasteiger partial charge in [0.15, 0.2) is 0 Å². The second-order valence-corrected chi connectivity index (χ2v) is 9.22. The molecule has 30 heavy (non-hydrogen) atoms. The van der Waals surface area contributed by atoms with E-state index in [0.29, 0.717) is 10.8 Å². The van der Waals surface area contributed by atoms with Crippen LogP contribution in [-0.2, 0) is 4.79 Å². The Bertz CT molecular complexity index is 996. The van der Waals surface area contributed by atoms with E-state index < -0.39 is 0 Å². The zero-order valence-corrected chi connectivity index (χ0v) is 19.6. The molecule has 0 atom stereocenters. The molecule has 0 aromatic heterocycles. The predicted molar refractivity (Wildman–Crippen MR) is 127 cm³/mol. The van der Waals surface area contributed by atoms with Crippen molar-refractivity contribution in [3.8, 4) is 5.75 Å². The van der Waals surface area contributed by atoms with Gasteiger partial charge in [-0.05, 0) is 65.6 Å². The second-order valence-electron chi connectivity index (χ2n) is 7.31. The minimum Gasteiger partial charge on any atom is -0.491 e. The quantitative estimate of drug-likeness (QED) is 0.417. The van der Waals surface area contributed by atoms with Gasteiger partial charge in [-0.15, -0.1) is 0 Å².